The first-order chi connectivity index (χ1) is 6.20. The smallest absolute Gasteiger partial charge is 0.234 e. The quantitative estimate of drug-likeness (QED) is 0.158. The second-order valence-electron chi connectivity index (χ2n) is 2.80. The van der Waals surface area contributed by atoms with Gasteiger partial charge in [0.25, 0.3) is 0 Å². The molecule has 0 bridgehead atoms. The predicted molar refractivity (Wildman–Crippen MR) is 49.5 cm³/mol. The van der Waals surface area contributed by atoms with Gasteiger partial charge in [0, 0.05) is 19.8 Å². The van der Waals surface area contributed by atoms with Crippen LogP contribution < -0.4 is 16.4 Å². The van der Waals surface area contributed by atoms with Crippen LogP contribution in [0.25, 0.3) is 0 Å². The minimum absolute atomic E-state index is 0.170. The molecule has 0 aromatic carbocycles. The lowest BCUT2D eigenvalue weighted by Gasteiger charge is -1.95. The molecule has 0 heterocycles. The van der Waals surface area contributed by atoms with Crippen molar-refractivity contribution in [1.29, 1.82) is 0 Å². The maximum Gasteiger partial charge on any atom is 0.234 e. The molecule has 1 amide bonds. The van der Waals surface area contributed by atoms with E-state index < -0.39 is 0 Å². The van der Waals surface area contributed by atoms with Crippen LogP contribution in [0.3, 0.4) is 0 Å². The lowest BCUT2D eigenvalue weighted by molar-refractivity contribution is -0.754. The number of nitrogens with one attached hydrogen (secondary N) is 2. The third-order valence-electron chi connectivity index (χ3n) is 1.44. The van der Waals surface area contributed by atoms with E-state index in [0.29, 0.717) is 19.4 Å². The maximum absolute atomic E-state index is 10.7. The summed E-state index contributed by atoms with van der Waals surface area (Å²) in [6.07, 6.45) is 1.97. The maximum atomic E-state index is 10.7. The average Bonchev–Trinajstić information content (AvgIpc) is 2.14. The van der Waals surface area contributed by atoms with Crippen LogP contribution in [0.1, 0.15) is 33.1 Å². The summed E-state index contributed by atoms with van der Waals surface area (Å²) in [5.74, 6) is 4.75. The molecule has 13 heavy (non-hydrogen) atoms. The summed E-state index contributed by atoms with van der Waals surface area (Å²) in [5.41, 5.74) is 2.99. The summed E-state index contributed by atoms with van der Waals surface area (Å²) in [6.45, 7) is 4.57. The number of nitrogens with two attached hydrogens (primary N) is 1. The summed E-state index contributed by atoms with van der Waals surface area (Å²) in [5, 5.41) is 2.76. The molecule has 5 nitrogen and oxygen atoms in total. The predicted octanol–water partition coefficient (Wildman–Crippen LogP) is -1.36. The lowest BCUT2D eigenvalue weighted by Crippen LogP contribution is -2.71. The molecule has 0 atom stereocenters. The zero-order chi connectivity index (χ0) is 10.1. The summed E-state index contributed by atoms with van der Waals surface area (Å²) < 4.78 is 0. The Morgan fingerprint density at radius 2 is 2.23 bits per heavy atom. The molecule has 76 valence electrons. The van der Waals surface area contributed by atoms with Gasteiger partial charge in [-0.25, -0.2) is 5.84 Å². The normalized spacial score (nSPS) is 11.2. The van der Waals surface area contributed by atoms with Gasteiger partial charge in [-0.2, -0.15) is 0 Å². The average molecular weight is 188 g/mol. The highest BCUT2D eigenvalue weighted by Gasteiger charge is 2.04. The molecule has 0 radical (unpaired) electrons. The van der Waals surface area contributed by atoms with Crippen LogP contribution >= 0.6 is 0 Å². The molecule has 0 aromatic heterocycles. The number of rotatable bonds is 6. The SMILES string of the molecule is CCCO/[NH+]=C(/C)CCC(=O)NN. The first-order valence-electron chi connectivity index (χ1n) is 4.40. The van der Waals surface area contributed by atoms with Gasteiger partial charge in [0.1, 0.15) is 0 Å². The Bertz CT molecular complexity index is 180. The topological polar surface area (TPSA) is 78.3 Å². The number of amides is 1. The Morgan fingerprint density at radius 3 is 2.77 bits per heavy atom. The van der Waals surface area contributed by atoms with E-state index in [-0.39, 0.29) is 5.91 Å². The third kappa shape index (κ3) is 7.27. The van der Waals surface area contributed by atoms with Crippen LogP contribution in [0.4, 0.5) is 0 Å². The minimum Gasteiger partial charge on any atom is -0.294 e. The Hall–Kier alpha value is -1.10. The van der Waals surface area contributed by atoms with Gasteiger partial charge in [-0.1, -0.05) is 6.92 Å². The molecule has 0 unspecified atom stereocenters. The monoisotopic (exact) mass is 188 g/mol. The second-order valence-corrected chi connectivity index (χ2v) is 2.80. The fourth-order valence-corrected chi connectivity index (χ4v) is 0.701. The molecule has 0 aliphatic rings. The molecule has 5 heteroatoms. The molecule has 0 aliphatic carbocycles. The van der Waals surface area contributed by atoms with Crippen LogP contribution in [-0.2, 0) is 9.63 Å². The highest BCUT2D eigenvalue weighted by molar-refractivity contribution is 5.83. The van der Waals surface area contributed by atoms with Gasteiger partial charge < -0.3 is 0 Å². The van der Waals surface area contributed by atoms with Crippen molar-refractivity contribution in [2.24, 2.45) is 5.84 Å². The molecule has 0 spiro atoms. The molecule has 0 saturated heterocycles. The molecule has 0 rings (SSSR count). The highest BCUT2D eigenvalue weighted by Crippen LogP contribution is 1.86. The fourth-order valence-electron chi connectivity index (χ4n) is 0.701. The van der Waals surface area contributed by atoms with Crippen molar-refractivity contribution >= 4 is 11.6 Å². The first kappa shape index (κ1) is 11.9. The number of carbonyl (C=O) groups is 1. The summed E-state index contributed by atoms with van der Waals surface area (Å²) in [6, 6.07) is 0. The highest BCUT2D eigenvalue weighted by atomic mass is 16.6. The van der Waals surface area contributed by atoms with Gasteiger partial charge in [0.15, 0.2) is 12.3 Å². The molecule has 0 saturated carbocycles. The fraction of sp³-hybridized carbons (Fsp3) is 0.750. The van der Waals surface area contributed by atoms with Gasteiger partial charge in [0.05, 0.1) is 0 Å². The Kier molecular flexibility index (Phi) is 6.91. The van der Waals surface area contributed by atoms with E-state index >= 15 is 0 Å². The minimum atomic E-state index is -0.170. The van der Waals surface area contributed by atoms with Crippen LogP contribution in [0.15, 0.2) is 0 Å². The summed E-state index contributed by atoms with van der Waals surface area (Å²) in [4.78, 5) is 15.8. The first-order valence-corrected chi connectivity index (χ1v) is 4.40. The van der Waals surface area contributed by atoms with Gasteiger partial charge in [-0.3, -0.25) is 15.1 Å². The van der Waals surface area contributed by atoms with Crippen molar-refractivity contribution in [1.82, 2.24) is 5.43 Å². The van der Waals surface area contributed by atoms with Crippen molar-refractivity contribution in [2.45, 2.75) is 33.1 Å². The van der Waals surface area contributed by atoms with Gasteiger partial charge in [0.2, 0.25) is 5.91 Å². The van der Waals surface area contributed by atoms with Crippen LogP contribution in [-0.4, -0.2) is 18.2 Å². The standard InChI is InChI=1S/C8H17N3O2/c1-3-6-13-11-7(2)4-5-8(12)10-9/h3-6,9H2,1-2H3,(H,10,12)/p+1/b11-7-. The van der Waals surface area contributed by atoms with Gasteiger partial charge >= 0.3 is 0 Å². The van der Waals surface area contributed by atoms with Crippen LogP contribution in [0.2, 0.25) is 0 Å². The van der Waals surface area contributed by atoms with E-state index in [4.69, 9.17) is 10.7 Å². The Morgan fingerprint density at radius 1 is 1.54 bits per heavy atom. The van der Waals surface area contributed by atoms with Gasteiger partial charge in [-0.05, 0) is 11.6 Å². The van der Waals surface area contributed by atoms with Crippen molar-refractivity contribution in [2.75, 3.05) is 6.61 Å². The van der Waals surface area contributed by atoms with Crippen molar-refractivity contribution in [3.63, 3.8) is 0 Å². The van der Waals surface area contributed by atoms with Crippen molar-refractivity contribution in [3.8, 4) is 0 Å². The molecular weight excluding hydrogens is 170 g/mol. The van der Waals surface area contributed by atoms with Gasteiger partial charge in [-0.15, -0.1) is 0 Å². The van der Waals surface area contributed by atoms with E-state index in [1.54, 1.807) is 0 Å². The number of hydrazine groups is 1. The zero-order valence-electron chi connectivity index (χ0n) is 8.22. The van der Waals surface area contributed by atoms with Crippen molar-refractivity contribution < 1.29 is 14.8 Å². The molecular formula is C8H18N3O2+. The second kappa shape index (κ2) is 7.54. The number of hydrogen-bond acceptors (Lipinski definition) is 3. The summed E-state index contributed by atoms with van der Waals surface area (Å²) >= 11 is 0. The molecule has 0 aliphatic heterocycles. The van der Waals surface area contributed by atoms with E-state index in [2.05, 4.69) is 10.6 Å². The molecule has 0 aromatic rings. The summed E-state index contributed by atoms with van der Waals surface area (Å²) in [7, 11) is 0. The van der Waals surface area contributed by atoms with Crippen LogP contribution in [0.5, 0.6) is 0 Å². The zero-order valence-corrected chi connectivity index (χ0v) is 8.22. The lowest BCUT2D eigenvalue weighted by atomic mass is 10.2. The van der Waals surface area contributed by atoms with E-state index in [1.807, 2.05) is 13.8 Å². The number of hydrogen-bond donors (Lipinski definition) is 3. The Balaban J connectivity index is 3.54. The largest absolute Gasteiger partial charge is 0.294 e. The van der Waals surface area contributed by atoms with Crippen LogP contribution in [0, 0.1) is 0 Å². The van der Waals surface area contributed by atoms with Crippen molar-refractivity contribution in [3.05, 3.63) is 0 Å². The molecule has 4 N–H and O–H groups in total. The van der Waals surface area contributed by atoms with E-state index in [0.717, 1.165) is 12.1 Å². The number of carbonyl (C=O) groups excluding carboxylic acids is 1. The third-order valence-corrected chi connectivity index (χ3v) is 1.44. The van der Waals surface area contributed by atoms with E-state index in [1.165, 1.54) is 0 Å². The molecule has 0 fully saturated rings. The van der Waals surface area contributed by atoms with E-state index in [9.17, 15) is 4.79 Å². The Labute approximate surface area is 78.3 Å².